The molecule has 0 atom stereocenters. The quantitative estimate of drug-likeness (QED) is 0.761. The average molecular weight is 299 g/mol. The molecule has 0 aliphatic carbocycles. The molecule has 0 saturated heterocycles. The summed E-state index contributed by atoms with van der Waals surface area (Å²) in [5.41, 5.74) is 1.80. The fourth-order valence-electron chi connectivity index (χ4n) is 2.70. The topological polar surface area (TPSA) is 34.4 Å². The second kappa shape index (κ2) is 5.72. The first-order valence-electron chi connectivity index (χ1n) is 7.26. The maximum absolute atomic E-state index is 13.5. The molecule has 0 fully saturated rings. The number of phenolic OH excluding ortho intramolecular Hbond substituents is 1. The SMILES string of the molecule is CC(C)n1c(COc2ccccc2O)cc2ccc(F)cc21. The second-order valence-corrected chi connectivity index (χ2v) is 5.56. The van der Waals surface area contributed by atoms with Crippen LogP contribution in [0.1, 0.15) is 25.6 Å². The summed E-state index contributed by atoms with van der Waals surface area (Å²) < 4.78 is 21.3. The van der Waals surface area contributed by atoms with Crippen molar-refractivity contribution in [2.45, 2.75) is 26.5 Å². The Kier molecular flexibility index (Phi) is 3.75. The standard InChI is InChI=1S/C18H18FNO2/c1-12(2)20-15(9-13-7-8-14(19)10-16(13)20)11-22-18-6-4-3-5-17(18)21/h3-10,12,21H,11H2,1-2H3. The number of halogens is 1. The Morgan fingerprint density at radius 3 is 2.64 bits per heavy atom. The van der Waals surface area contributed by atoms with Gasteiger partial charge in [-0.3, -0.25) is 0 Å². The second-order valence-electron chi connectivity index (χ2n) is 5.56. The lowest BCUT2D eigenvalue weighted by Gasteiger charge is -2.15. The molecule has 1 heterocycles. The minimum atomic E-state index is -0.249. The van der Waals surface area contributed by atoms with Crippen molar-refractivity contribution in [3.8, 4) is 11.5 Å². The van der Waals surface area contributed by atoms with Crippen molar-refractivity contribution < 1.29 is 14.2 Å². The van der Waals surface area contributed by atoms with Crippen molar-refractivity contribution in [2.75, 3.05) is 0 Å². The van der Waals surface area contributed by atoms with E-state index in [1.54, 1.807) is 30.3 Å². The van der Waals surface area contributed by atoms with Gasteiger partial charge in [0.25, 0.3) is 0 Å². The van der Waals surface area contributed by atoms with Crippen LogP contribution in [-0.4, -0.2) is 9.67 Å². The number of para-hydroxylation sites is 2. The highest BCUT2D eigenvalue weighted by Gasteiger charge is 2.13. The number of hydrogen-bond acceptors (Lipinski definition) is 2. The summed E-state index contributed by atoms with van der Waals surface area (Å²) in [7, 11) is 0. The first-order valence-corrected chi connectivity index (χ1v) is 7.26. The molecule has 1 N–H and O–H groups in total. The third-order valence-electron chi connectivity index (χ3n) is 3.64. The van der Waals surface area contributed by atoms with E-state index in [1.165, 1.54) is 6.07 Å². The average Bonchev–Trinajstić information content (AvgIpc) is 2.84. The van der Waals surface area contributed by atoms with Crippen LogP contribution in [0.4, 0.5) is 4.39 Å². The third kappa shape index (κ3) is 2.64. The normalized spacial score (nSPS) is 11.3. The van der Waals surface area contributed by atoms with Crippen LogP contribution in [0.3, 0.4) is 0 Å². The molecule has 2 aromatic carbocycles. The summed E-state index contributed by atoms with van der Waals surface area (Å²) in [6, 6.07) is 13.8. The monoisotopic (exact) mass is 299 g/mol. The maximum Gasteiger partial charge on any atom is 0.161 e. The molecule has 0 aliphatic heterocycles. The van der Waals surface area contributed by atoms with Gasteiger partial charge >= 0.3 is 0 Å². The number of rotatable bonds is 4. The van der Waals surface area contributed by atoms with Gasteiger partial charge in [-0.25, -0.2) is 4.39 Å². The molecule has 114 valence electrons. The molecule has 0 amide bonds. The number of ether oxygens (including phenoxy) is 1. The van der Waals surface area contributed by atoms with E-state index in [1.807, 2.05) is 26.0 Å². The summed E-state index contributed by atoms with van der Waals surface area (Å²) in [5, 5.41) is 10.7. The molecular weight excluding hydrogens is 281 g/mol. The molecule has 3 nitrogen and oxygen atoms in total. The summed E-state index contributed by atoms with van der Waals surface area (Å²) in [4.78, 5) is 0. The first kappa shape index (κ1) is 14.4. The van der Waals surface area contributed by atoms with E-state index in [0.717, 1.165) is 16.6 Å². The van der Waals surface area contributed by atoms with Crippen LogP contribution in [0.25, 0.3) is 10.9 Å². The van der Waals surface area contributed by atoms with E-state index in [9.17, 15) is 9.50 Å². The predicted octanol–water partition coefficient (Wildman–Crippen LogP) is 4.65. The van der Waals surface area contributed by atoms with Crippen LogP contribution in [-0.2, 0) is 6.61 Å². The van der Waals surface area contributed by atoms with Gasteiger partial charge in [-0.2, -0.15) is 0 Å². The fourth-order valence-corrected chi connectivity index (χ4v) is 2.70. The molecule has 0 spiro atoms. The van der Waals surface area contributed by atoms with Crippen molar-refractivity contribution in [3.63, 3.8) is 0 Å². The largest absolute Gasteiger partial charge is 0.504 e. The summed E-state index contributed by atoms with van der Waals surface area (Å²) >= 11 is 0. The van der Waals surface area contributed by atoms with Gasteiger partial charge in [0.15, 0.2) is 11.5 Å². The van der Waals surface area contributed by atoms with E-state index >= 15 is 0 Å². The summed E-state index contributed by atoms with van der Waals surface area (Å²) in [5.74, 6) is 0.302. The Morgan fingerprint density at radius 1 is 1.14 bits per heavy atom. The minimum Gasteiger partial charge on any atom is -0.504 e. The number of nitrogens with zero attached hydrogens (tertiary/aromatic N) is 1. The number of aromatic nitrogens is 1. The van der Waals surface area contributed by atoms with E-state index < -0.39 is 0 Å². The van der Waals surface area contributed by atoms with E-state index in [-0.39, 0.29) is 17.6 Å². The summed E-state index contributed by atoms with van der Waals surface area (Å²) in [6.07, 6.45) is 0. The Labute approximate surface area is 128 Å². The number of phenols is 1. The molecule has 3 rings (SSSR count). The Morgan fingerprint density at radius 2 is 1.91 bits per heavy atom. The van der Waals surface area contributed by atoms with Crippen LogP contribution in [0, 0.1) is 5.82 Å². The lowest BCUT2D eigenvalue weighted by atomic mass is 10.2. The van der Waals surface area contributed by atoms with Gasteiger partial charge in [-0.1, -0.05) is 12.1 Å². The van der Waals surface area contributed by atoms with Gasteiger partial charge in [-0.15, -0.1) is 0 Å². The van der Waals surface area contributed by atoms with Crippen molar-refractivity contribution in [3.05, 3.63) is 60.0 Å². The van der Waals surface area contributed by atoms with Crippen molar-refractivity contribution in [1.82, 2.24) is 4.57 Å². The zero-order chi connectivity index (χ0) is 15.7. The number of fused-ring (bicyclic) bond motifs is 1. The highest BCUT2D eigenvalue weighted by atomic mass is 19.1. The molecule has 0 aliphatic rings. The van der Waals surface area contributed by atoms with Gasteiger partial charge in [0.05, 0.1) is 11.2 Å². The smallest absolute Gasteiger partial charge is 0.161 e. The molecule has 0 saturated carbocycles. The molecule has 0 unspecified atom stereocenters. The van der Waals surface area contributed by atoms with Crippen molar-refractivity contribution in [1.29, 1.82) is 0 Å². The molecule has 0 radical (unpaired) electrons. The molecule has 0 bridgehead atoms. The first-order chi connectivity index (χ1) is 10.6. The molecular formula is C18H18FNO2. The van der Waals surface area contributed by atoms with Gasteiger partial charge in [-0.05, 0) is 50.2 Å². The van der Waals surface area contributed by atoms with Crippen molar-refractivity contribution in [2.24, 2.45) is 0 Å². The molecule has 4 heteroatoms. The van der Waals surface area contributed by atoms with Crippen LogP contribution < -0.4 is 4.74 Å². The van der Waals surface area contributed by atoms with Crippen molar-refractivity contribution >= 4 is 10.9 Å². The van der Waals surface area contributed by atoms with Gasteiger partial charge in [0, 0.05) is 11.4 Å². The lowest BCUT2D eigenvalue weighted by molar-refractivity contribution is 0.278. The zero-order valence-electron chi connectivity index (χ0n) is 12.6. The number of aromatic hydroxyl groups is 1. The van der Waals surface area contributed by atoms with Crippen LogP contribution >= 0.6 is 0 Å². The molecule has 1 aromatic heterocycles. The van der Waals surface area contributed by atoms with E-state index in [0.29, 0.717) is 12.4 Å². The Hall–Kier alpha value is -2.49. The molecule has 3 aromatic rings. The van der Waals surface area contributed by atoms with Gasteiger partial charge in [0.1, 0.15) is 12.4 Å². The van der Waals surface area contributed by atoms with Gasteiger partial charge < -0.3 is 14.4 Å². The highest BCUT2D eigenvalue weighted by Crippen LogP contribution is 2.28. The Balaban J connectivity index is 1.96. The lowest BCUT2D eigenvalue weighted by Crippen LogP contribution is -2.08. The summed E-state index contributed by atoms with van der Waals surface area (Å²) in [6.45, 7) is 4.41. The predicted molar refractivity (Wildman–Crippen MR) is 84.7 cm³/mol. The van der Waals surface area contributed by atoms with E-state index in [4.69, 9.17) is 4.74 Å². The Bertz CT molecular complexity index is 808. The van der Waals surface area contributed by atoms with E-state index in [2.05, 4.69) is 4.57 Å². The minimum absolute atomic E-state index is 0.112. The fraction of sp³-hybridized carbons (Fsp3) is 0.222. The number of hydrogen-bond donors (Lipinski definition) is 1. The molecule has 22 heavy (non-hydrogen) atoms. The highest BCUT2D eigenvalue weighted by molar-refractivity contribution is 5.81. The van der Waals surface area contributed by atoms with Crippen LogP contribution in [0.5, 0.6) is 11.5 Å². The third-order valence-corrected chi connectivity index (χ3v) is 3.64. The number of benzene rings is 2. The van der Waals surface area contributed by atoms with Crippen LogP contribution in [0.2, 0.25) is 0 Å². The maximum atomic E-state index is 13.5. The van der Waals surface area contributed by atoms with Crippen LogP contribution in [0.15, 0.2) is 48.5 Å². The zero-order valence-corrected chi connectivity index (χ0v) is 12.6. The van der Waals surface area contributed by atoms with Gasteiger partial charge in [0.2, 0.25) is 0 Å².